The zero-order valence-electron chi connectivity index (χ0n) is 61.5. The van der Waals surface area contributed by atoms with Gasteiger partial charge in [0.1, 0.15) is 20.2 Å². The Bertz CT molecular complexity index is 4680. The summed E-state index contributed by atoms with van der Waals surface area (Å²) >= 11 is 0. The minimum Gasteiger partial charge on any atom is -0.756 e. The number of carbonyl (C=O) groups excluding carboxylic acids is 9. The van der Waals surface area contributed by atoms with Gasteiger partial charge < -0.3 is 57.3 Å². The molecule has 0 bridgehead atoms. The van der Waals surface area contributed by atoms with E-state index >= 15 is 0 Å². The Morgan fingerprint density at radius 1 is 0.405 bits per heavy atom. The van der Waals surface area contributed by atoms with Gasteiger partial charge in [0.15, 0.2) is 17.3 Å². The molecule has 111 heavy (non-hydrogen) atoms. The maximum absolute atomic E-state index is 12.8. The van der Waals surface area contributed by atoms with Crippen LogP contribution in [-0.2, 0) is 104 Å². The normalized spacial score (nSPS) is 12.8. The number of imidazole rings is 3. The number of phosphoric ester groups is 3. The van der Waals surface area contributed by atoms with Crippen LogP contribution in [0.3, 0.4) is 0 Å². The summed E-state index contributed by atoms with van der Waals surface area (Å²) in [5.41, 5.74) is 4.27. The van der Waals surface area contributed by atoms with Crippen LogP contribution in [0, 0.1) is 0 Å². The summed E-state index contributed by atoms with van der Waals surface area (Å²) < 4.78 is 111. The molecule has 3 aromatic heterocycles. The van der Waals surface area contributed by atoms with Crippen LogP contribution in [0.25, 0.3) is 33.1 Å². The number of hydrogen-bond acceptors (Lipinski definition) is 32. The van der Waals surface area contributed by atoms with Gasteiger partial charge >= 0.3 is 104 Å². The van der Waals surface area contributed by atoms with Crippen LogP contribution in [0.1, 0.15) is 96.2 Å². The number of benzene rings is 6. The quantitative estimate of drug-likeness (QED) is 0.0111. The van der Waals surface area contributed by atoms with E-state index in [1.165, 1.54) is 56.2 Å². The van der Waals surface area contributed by atoms with Crippen molar-refractivity contribution in [2.24, 2.45) is 0 Å². The summed E-state index contributed by atoms with van der Waals surface area (Å²) in [6, 6.07) is 39.5. The number of ether oxygens (including phenoxy) is 9. The SMILES string of the molecule is COC(=O)Nc1nc2cc(C(=O)c3ccccc3)ccc2n1COP(=O)(O)OCOC(=O)OC(C)C.COC(=O)Nc1nc2cc(C(=O)c3ccccc3)ccc2n1COP(=O)([O-])OC(C)OC(=O)OC(C)C.COC(=O)Nc1nc2cc(C(=O)c3ccccc3)ccc2n1COP(=O)([O-])OCOC(=O)OC(C)C.[Na+].[Na+]. The number of anilines is 3. The van der Waals surface area contributed by atoms with E-state index in [2.05, 4.69) is 68.4 Å². The molecule has 0 aliphatic carbocycles. The number of nitrogens with one attached hydrogen (secondary N) is 3. The van der Waals surface area contributed by atoms with Crippen LogP contribution in [0.4, 0.5) is 46.6 Å². The number of ketones is 3. The molecule has 0 aliphatic rings. The van der Waals surface area contributed by atoms with E-state index in [-0.39, 0.29) is 105 Å². The Morgan fingerprint density at radius 2 is 0.712 bits per heavy atom. The van der Waals surface area contributed by atoms with Crippen LogP contribution in [-0.4, -0.2) is 147 Å². The minimum atomic E-state index is -5.01. The summed E-state index contributed by atoms with van der Waals surface area (Å²) in [4.78, 5) is 155. The summed E-state index contributed by atoms with van der Waals surface area (Å²) in [6.07, 6.45) is -8.84. The summed E-state index contributed by atoms with van der Waals surface area (Å²) in [5.74, 6) is -1.06. The van der Waals surface area contributed by atoms with E-state index in [1.54, 1.807) is 145 Å². The molecule has 9 rings (SSSR count). The fraction of sp³-hybridized carbons (Fsp3) is 0.284. The van der Waals surface area contributed by atoms with Crippen molar-refractivity contribution < 1.29 is 200 Å². The van der Waals surface area contributed by atoms with E-state index in [0.29, 0.717) is 55.4 Å². The van der Waals surface area contributed by atoms with Crippen molar-refractivity contribution in [1.29, 1.82) is 0 Å². The molecule has 0 aliphatic heterocycles. The molecule has 0 saturated heterocycles. The first-order chi connectivity index (χ1) is 51.7. The molecule has 4 atom stereocenters. The first kappa shape index (κ1) is 92.3. The number of methoxy groups -OCH3 is 3. The molecule has 0 saturated carbocycles. The fourth-order valence-electron chi connectivity index (χ4n) is 8.97. The maximum Gasteiger partial charge on any atom is 1.00 e. The molecule has 6 aromatic carbocycles. The molecule has 44 heteroatoms. The van der Waals surface area contributed by atoms with Crippen molar-refractivity contribution in [2.45, 2.75) is 93.3 Å². The van der Waals surface area contributed by atoms with Gasteiger partial charge in [-0.2, -0.15) is 0 Å². The maximum atomic E-state index is 12.8. The molecule has 3 heterocycles. The average Bonchev–Trinajstić information content (AvgIpc) is 1.66. The van der Waals surface area contributed by atoms with E-state index < -0.39 is 119 Å². The molecule has 39 nitrogen and oxygen atoms in total. The first-order valence-electron chi connectivity index (χ1n) is 31.9. The van der Waals surface area contributed by atoms with Crippen molar-refractivity contribution in [3.63, 3.8) is 0 Å². The third-order valence-corrected chi connectivity index (χ3v) is 16.4. The molecular weight excluding hydrogens is 1550 g/mol. The minimum absolute atomic E-state index is 0. The number of phosphoric acid groups is 3. The summed E-state index contributed by atoms with van der Waals surface area (Å²) in [5, 5.41) is 7.08. The predicted molar refractivity (Wildman–Crippen MR) is 376 cm³/mol. The van der Waals surface area contributed by atoms with E-state index in [0.717, 1.165) is 28.3 Å². The smallest absolute Gasteiger partial charge is 0.756 e. The van der Waals surface area contributed by atoms with Gasteiger partial charge in [0, 0.05) is 33.4 Å². The zero-order valence-corrected chi connectivity index (χ0v) is 68.2. The molecule has 4 unspecified atom stereocenters. The monoisotopic (exact) mass is 1620 g/mol. The van der Waals surface area contributed by atoms with Crippen LogP contribution >= 0.6 is 23.5 Å². The number of aromatic nitrogens is 6. The third kappa shape index (κ3) is 28.8. The van der Waals surface area contributed by atoms with Crippen LogP contribution in [0.2, 0.25) is 0 Å². The van der Waals surface area contributed by atoms with Crippen LogP contribution < -0.4 is 84.9 Å². The second kappa shape index (κ2) is 43.5. The van der Waals surface area contributed by atoms with Crippen molar-refractivity contribution in [3.05, 3.63) is 179 Å². The molecule has 0 fully saturated rings. The Labute approximate surface area is 676 Å². The molecule has 9 aromatic rings. The predicted octanol–water partition coefficient (Wildman–Crippen LogP) is 5.30. The molecule has 0 radical (unpaired) electrons. The number of nitrogens with zero attached hydrogens (tertiary/aromatic N) is 6. The van der Waals surface area contributed by atoms with Crippen LogP contribution in [0.5, 0.6) is 0 Å². The van der Waals surface area contributed by atoms with Gasteiger partial charge in [-0.1, -0.05) is 91.0 Å². The second-order valence-corrected chi connectivity index (χ2v) is 26.8. The van der Waals surface area contributed by atoms with Gasteiger partial charge in [-0.05, 0) is 103 Å². The molecule has 582 valence electrons. The van der Waals surface area contributed by atoms with E-state index in [9.17, 15) is 71.5 Å². The largest absolute Gasteiger partial charge is 1.00 e. The summed E-state index contributed by atoms with van der Waals surface area (Å²) in [7, 11) is -11.3. The van der Waals surface area contributed by atoms with E-state index in [1.807, 2.05) is 0 Å². The van der Waals surface area contributed by atoms with Crippen molar-refractivity contribution >= 4 is 129 Å². The van der Waals surface area contributed by atoms with Gasteiger partial charge in [0.05, 0.1) is 72.7 Å². The van der Waals surface area contributed by atoms with Crippen molar-refractivity contribution in [1.82, 2.24) is 28.7 Å². The molecule has 4 N–H and O–H groups in total. The van der Waals surface area contributed by atoms with Gasteiger partial charge in [0.2, 0.25) is 37.7 Å². The Kier molecular flexibility index (Phi) is 36.2. The van der Waals surface area contributed by atoms with Gasteiger partial charge in [-0.3, -0.25) is 75.8 Å². The third-order valence-electron chi connectivity index (χ3n) is 13.7. The molecule has 0 spiro atoms. The molecule has 3 amide bonds. The van der Waals surface area contributed by atoms with Gasteiger partial charge in [-0.15, -0.1) is 0 Å². The topological polar surface area (TPSA) is 499 Å². The number of rotatable bonds is 30. The van der Waals surface area contributed by atoms with Crippen molar-refractivity contribution in [3.8, 4) is 0 Å². The summed E-state index contributed by atoms with van der Waals surface area (Å²) in [6.45, 7) is 6.88. The average molecular weight is 1620 g/mol. The molecular formula is C67H72N9Na2O30P3. The Balaban J connectivity index is 0.000000295. The number of carbonyl (C=O) groups is 9. The Hall–Kier alpha value is -9.31. The second-order valence-electron chi connectivity index (χ2n) is 22.6. The number of hydrogen-bond donors (Lipinski definition) is 4. The fourth-order valence-corrected chi connectivity index (χ4v) is 10.7. The first-order valence-corrected chi connectivity index (χ1v) is 36.3. The zero-order chi connectivity index (χ0) is 79.8. The Morgan fingerprint density at radius 3 is 1.04 bits per heavy atom. The van der Waals surface area contributed by atoms with Crippen molar-refractivity contribution in [2.75, 3.05) is 50.9 Å². The van der Waals surface area contributed by atoms with Gasteiger partial charge in [0.25, 0.3) is 15.6 Å². The van der Waals surface area contributed by atoms with Crippen LogP contribution in [0.15, 0.2) is 146 Å². The number of amides is 3. The standard InChI is InChI=1S/C23H26N3O10P.2C22H24N3O10P.2Na/c1-14(2)34-23(29)35-15(3)36-37(30,31)33-13-26-19-11-10-17(20(27)16-8-6-5-7-9-16)12-18(19)24-21(26)25-22(28)32-4;2*1-14(2)35-22(28)32-13-34-36(29,30)33-12-25-18-10-9-16(19(26)15-7-5-4-6-8-15)11-17(18)23-20(25)24-21(27)31-3;;/h5-12,14-15H,13H2,1-4H3,(H,30,31)(H,24,25,28);2*4-11,14H,12-13H2,1-3H3,(H,29,30)(H,23,24,27);;/q;;;2*+1/p-2. The van der Waals surface area contributed by atoms with E-state index in [4.69, 9.17) is 32.3 Å². The number of fused-ring (bicyclic) bond motifs is 3. The van der Waals surface area contributed by atoms with Gasteiger partial charge in [-0.25, -0.2) is 52.8 Å².